The molecule has 2 N–H and O–H groups in total. The van der Waals surface area contributed by atoms with Gasteiger partial charge in [-0.2, -0.15) is 0 Å². The maximum absolute atomic E-state index is 3.79. The third-order valence-electron chi connectivity index (χ3n) is 5.77. The zero-order chi connectivity index (χ0) is 12.7. The molecule has 17 heavy (non-hydrogen) atoms. The van der Waals surface area contributed by atoms with Gasteiger partial charge in [0.15, 0.2) is 0 Å². The second kappa shape index (κ2) is 4.55. The van der Waals surface area contributed by atoms with Crippen molar-refractivity contribution in [3.8, 4) is 0 Å². The molecule has 1 heterocycles. The Balaban J connectivity index is 1.76. The van der Waals surface area contributed by atoms with E-state index in [1.165, 1.54) is 25.8 Å². The van der Waals surface area contributed by atoms with Crippen LogP contribution in [-0.2, 0) is 0 Å². The summed E-state index contributed by atoms with van der Waals surface area (Å²) in [6.07, 6.45) is 4.07. The van der Waals surface area contributed by atoms with Gasteiger partial charge < -0.3 is 10.6 Å². The highest BCUT2D eigenvalue weighted by Gasteiger charge is 2.64. The van der Waals surface area contributed by atoms with Crippen LogP contribution in [-0.4, -0.2) is 25.2 Å². The summed E-state index contributed by atoms with van der Waals surface area (Å²) in [5.41, 5.74) is 0.928. The van der Waals surface area contributed by atoms with Gasteiger partial charge in [-0.3, -0.25) is 0 Å². The fourth-order valence-electron chi connectivity index (χ4n) is 3.59. The van der Waals surface area contributed by atoms with Crippen molar-refractivity contribution in [2.24, 2.45) is 16.7 Å². The van der Waals surface area contributed by atoms with Crippen LogP contribution in [0.4, 0.5) is 0 Å². The van der Waals surface area contributed by atoms with Gasteiger partial charge in [-0.25, -0.2) is 0 Å². The van der Waals surface area contributed by atoms with Crippen molar-refractivity contribution in [2.75, 3.05) is 13.1 Å². The molecule has 2 unspecified atom stereocenters. The minimum absolute atomic E-state index is 0.464. The predicted molar refractivity (Wildman–Crippen MR) is 74.2 cm³/mol. The Labute approximate surface area is 107 Å². The third kappa shape index (κ3) is 2.39. The summed E-state index contributed by atoms with van der Waals surface area (Å²) < 4.78 is 0. The predicted octanol–water partition coefficient (Wildman–Crippen LogP) is 2.79. The van der Waals surface area contributed by atoms with E-state index >= 15 is 0 Å². The van der Waals surface area contributed by atoms with Crippen LogP contribution in [0.3, 0.4) is 0 Å². The standard InChI is InChI=1S/C15H30N2/c1-6-11-7-8-16-12(9-11)10-17-13-14(2,3)15(13,4)5/h11-13,16-17H,6-10H2,1-5H3. The molecule has 0 radical (unpaired) electrons. The van der Waals surface area contributed by atoms with Crippen LogP contribution in [0.5, 0.6) is 0 Å². The Morgan fingerprint density at radius 2 is 1.82 bits per heavy atom. The van der Waals surface area contributed by atoms with E-state index in [0.717, 1.165) is 12.5 Å². The maximum Gasteiger partial charge on any atom is 0.0195 e. The molecule has 2 nitrogen and oxygen atoms in total. The Kier molecular flexibility index (Phi) is 3.57. The molecular formula is C15H30N2. The average molecular weight is 238 g/mol. The number of hydrogen-bond acceptors (Lipinski definition) is 2. The van der Waals surface area contributed by atoms with Crippen molar-refractivity contribution in [1.82, 2.24) is 10.6 Å². The first-order chi connectivity index (χ1) is 7.89. The Bertz CT molecular complexity index is 256. The number of rotatable bonds is 4. The summed E-state index contributed by atoms with van der Waals surface area (Å²) in [7, 11) is 0. The molecule has 0 aromatic heterocycles. The molecule has 0 aromatic carbocycles. The van der Waals surface area contributed by atoms with Crippen molar-refractivity contribution in [3.63, 3.8) is 0 Å². The Morgan fingerprint density at radius 1 is 1.18 bits per heavy atom. The van der Waals surface area contributed by atoms with Gasteiger partial charge in [0.25, 0.3) is 0 Å². The zero-order valence-electron chi connectivity index (χ0n) is 12.3. The largest absolute Gasteiger partial charge is 0.313 e. The lowest BCUT2D eigenvalue weighted by Gasteiger charge is -2.30. The van der Waals surface area contributed by atoms with Crippen LogP contribution in [0, 0.1) is 16.7 Å². The molecule has 2 heteroatoms. The van der Waals surface area contributed by atoms with Crippen molar-refractivity contribution < 1.29 is 0 Å². The zero-order valence-corrected chi connectivity index (χ0v) is 12.3. The fourth-order valence-corrected chi connectivity index (χ4v) is 3.59. The molecule has 0 spiro atoms. The van der Waals surface area contributed by atoms with Crippen LogP contribution in [0.25, 0.3) is 0 Å². The lowest BCUT2D eigenvalue weighted by molar-refractivity contribution is 0.285. The van der Waals surface area contributed by atoms with Crippen molar-refractivity contribution in [2.45, 2.75) is 66.0 Å². The summed E-state index contributed by atoms with van der Waals surface area (Å²) in [6, 6.07) is 1.39. The summed E-state index contributed by atoms with van der Waals surface area (Å²) in [5, 5.41) is 7.45. The highest BCUT2D eigenvalue weighted by atomic mass is 15.1. The summed E-state index contributed by atoms with van der Waals surface area (Å²) in [6.45, 7) is 14.2. The highest BCUT2D eigenvalue weighted by molar-refractivity contribution is 5.17. The van der Waals surface area contributed by atoms with Crippen LogP contribution in [0.2, 0.25) is 0 Å². The van der Waals surface area contributed by atoms with E-state index in [4.69, 9.17) is 0 Å². The van der Waals surface area contributed by atoms with Crippen LogP contribution in [0.15, 0.2) is 0 Å². The van der Waals surface area contributed by atoms with Gasteiger partial charge in [-0.15, -0.1) is 0 Å². The lowest BCUT2D eigenvalue weighted by Crippen LogP contribution is -2.45. The normalized spacial score (nSPS) is 35.8. The van der Waals surface area contributed by atoms with Crippen LogP contribution >= 0.6 is 0 Å². The molecular weight excluding hydrogens is 208 g/mol. The molecule has 0 bridgehead atoms. The molecule has 0 aromatic rings. The van der Waals surface area contributed by atoms with Crippen LogP contribution in [0.1, 0.15) is 53.9 Å². The molecule has 0 amide bonds. The van der Waals surface area contributed by atoms with E-state index in [2.05, 4.69) is 45.3 Å². The van der Waals surface area contributed by atoms with Gasteiger partial charge in [-0.1, -0.05) is 41.0 Å². The monoisotopic (exact) mass is 238 g/mol. The van der Waals surface area contributed by atoms with Crippen molar-refractivity contribution in [3.05, 3.63) is 0 Å². The van der Waals surface area contributed by atoms with Gasteiger partial charge in [0.05, 0.1) is 0 Å². The fraction of sp³-hybridized carbons (Fsp3) is 1.00. The molecule has 2 aliphatic rings. The average Bonchev–Trinajstić information content (AvgIpc) is 2.67. The number of nitrogens with one attached hydrogen (secondary N) is 2. The first-order valence-corrected chi connectivity index (χ1v) is 7.36. The second-order valence-corrected chi connectivity index (χ2v) is 7.23. The van der Waals surface area contributed by atoms with E-state index in [9.17, 15) is 0 Å². The molecule has 1 aliphatic heterocycles. The van der Waals surface area contributed by atoms with Gasteiger partial charge >= 0.3 is 0 Å². The second-order valence-electron chi connectivity index (χ2n) is 7.23. The van der Waals surface area contributed by atoms with Crippen LogP contribution < -0.4 is 10.6 Å². The highest BCUT2D eigenvalue weighted by Crippen LogP contribution is 2.62. The Morgan fingerprint density at radius 3 is 2.35 bits per heavy atom. The minimum atomic E-state index is 0.464. The smallest absolute Gasteiger partial charge is 0.0195 e. The molecule has 2 rings (SSSR count). The SMILES string of the molecule is CCC1CCNC(CNC2C(C)(C)C2(C)C)C1. The van der Waals surface area contributed by atoms with E-state index in [1.54, 1.807) is 0 Å². The number of hydrogen-bond donors (Lipinski definition) is 2. The summed E-state index contributed by atoms with van der Waals surface area (Å²) in [5.74, 6) is 0.947. The van der Waals surface area contributed by atoms with Gasteiger partial charge in [0.1, 0.15) is 0 Å². The first-order valence-electron chi connectivity index (χ1n) is 7.36. The molecule has 1 aliphatic carbocycles. The van der Waals surface area contributed by atoms with E-state index in [1.807, 2.05) is 0 Å². The van der Waals surface area contributed by atoms with E-state index in [0.29, 0.717) is 22.9 Å². The maximum atomic E-state index is 3.79. The summed E-state index contributed by atoms with van der Waals surface area (Å²) in [4.78, 5) is 0. The molecule has 2 atom stereocenters. The molecule has 1 saturated heterocycles. The Hall–Kier alpha value is -0.0800. The topological polar surface area (TPSA) is 24.1 Å². The van der Waals surface area contributed by atoms with E-state index in [-0.39, 0.29) is 0 Å². The van der Waals surface area contributed by atoms with Gasteiger partial charge in [-0.05, 0) is 36.1 Å². The molecule has 2 fully saturated rings. The van der Waals surface area contributed by atoms with Crippen molar-refractivity contribution in [1.29, 1.82) is 0 Å². The van der Waals surface area contributed by atoms with Gasteiger partial charge in [0, 0.05) is 18.6 Å². The molecule has 100 valence electrons. The first kappa shape index (κ1) is 13.4. The minimum Gasteiger partial charge on any atom is -0.313 e. The third-order valence-corrected chi connectivity index (χ3v) is 5.77. The molecule has 1 saturated carbocycles. The van der Waals surface area contributed by atoms with E-state index < -0.39 is 0 Å². The van der Waals surface area contributed by atoms with Gasteiger partial charge in [0.2, 0.25) is 0 Å². The lowest BCUT2D eigenvalue weighted by atomic mass is 9.90. The number of piperidine rings is 1. The summed E-state index contributed by atoms with van der Waals surface area (Å²) >= 11 is 0. The quantitative estimate of drug-likeness (QED) is 0.787. The van der Waals surface area contributed by atoms with Crippen molar-refractivity contribution >= 4 is 0 Å².